The number of hydrogen-bond acceptors (Lipinski definition) is 6. The minimum absolute atomic E-state index is 0.137. The fourth-order valence-corrected chi connectivity index (χ4v) is 3.46. The number of aromatic nitrogens is 6. The van der Waals surface area contributed by atoms with Gasteiger partial charge in [-0.1, -0.05) is 18.2 Å². The van der Waals surface area contributed by atoms with Gasteiger partial charge in [0.05, 0.1) is 23.6 Å². The summed E-state index contributed by atoms with van der Waals surface area (Å²) in [7, 11) is 0. The van der Waals surface area contributed by atoms with E-state index in [0.29, 0.717) is 23.7 Å². The van der Waals surface area contributed by atoms with Crippen molar-refractivity contribution in [3.8, 4) is 5.75 Å². The first kappa shape index (κ1) is 20.5. The van der Waals surface area contributed by atoms with Gasteiger partial charge in [-0.05, 0) is 61.5 Å². The summed E-state index contributed by atoms with van der Waals surface area (Å²) < 4.78 is 9.62. The van der Waals surface area contributed by atoms with Crippen LogP contribution >= 0.6 is 0 Å². The zero-order chi connectivity index (χ0) is 21.8. The van der Waals surface area contributed by atoms with E-state index in [9.17, 15) is 4.79 Å². The van der Waals surface area contributed by atoms with Crippen LogP contribution in [0.2, 0.25) is 0 Å². The number of nitrogens with one attached hydrogen (secondary N) is 1. The molecule has 2 aromatic heterocycles. The fourth-order valence-electron chi connectivity index (χ4n) is 3.46. The molecule has 0 saturated heterocycles. The van der Waals surface area contributed by atoms with Gasteiger partial charge in [0.25, 0.3) is 5.91 Å². The maximum atomic E-state index is 12.7. The Labute approximate surface area is 180 Å². The molecule has 1 N–H and O–H groups in total. The molecule has 0 saturated carbocycles. The van der Waals surface area contributed by atoms with E-state index in [1.54, 1.807) is 28.9 Å². The Morgan fingerprint density at radius 1 is 1.13 bits per heavy atom. The van der Waals surface area contributed by atoms with Crippen LogP contribution in [-0.2, 0) is 19.7 Å². The molecule has 9 heteroatoms. The maximum Gasteiger partial charge on any atom is 0.251 e. The van der Waals surface area contributed by atoms with Crippen LogP contribution in [0.15, 0.2) is 48.5 Å². The summed E-state index contributed by atoms with van der Waals surface area (Å²) >= 11 is 0. The van der Waals surface area contributed by atoms with Gasteiger partial charge in [-0.15, -0.1) is 5.10 Å². The average molecular weight is 419 g/mol. The number of rotatable bonds is 8. The number of tetrazole rings is 1. The second-order valence-electron chi connectivity index (χ2n) is 7.39. The number of benzene rings is 2. The van der Waals surface area contributed by atoms with Crippen LogP contribution in [0.1, 0.15) is 48.8 Å². The Hall–Kier alpha value is -3.75. The SMILES string of the molecule is CCn1c(CNC(=O)c2cccc(OCc3nnnn3C(C)C)c2)nc2ccccc21. The number of carbonyl (C=O) groups is 1. The molecule has 1 amide bonds. The normalized spacial score (nSPS) is 11.2. The summed E-state index contributed by atoms with van der Waals surface area (Å²) in [5.74, 6) is 1.84. The third-order valence-corrected chi connectivity index (χ3v) is 4.97. The minimum atomic E-state index is -0.188. The summed E-state index contributed by atoms with van der Waals surface area (Å²) in [6.45, 7) is 7.41. The Morgan fingerprint density at radius 2 is 1.97 bits per heavy atom. The molecule has 0 atom stereocenters. The molecule has 2 aromatic carbocycles. The van der Waals surface area contributed by atoms with E-state index >= 15 is 0 Å². The highest BCUT2D eigenvalue weighted by atomic mass is 16.5. The van der Waals surface area contributed by atoms with E-state index in [2.05, 4.69) is 37.3 Å². The topological polar surface area (TPSA) is 99.8 Å². The number of hydrogen-bond donors (Lipinski definition) is 1. The lowest BCUT2D eigenvalue weighted by molar-refractivity contribution is 0.0949. The molecule has 2 heterocycles. The highest BCUT2D eigenvalue weighted by Gasteiger charge is 2.13. The van der Waals surface area contributed by atoms with E-state index in [4.69, 9.17) is 4.74 Å². The van der Waals surface area contributed by atoms with Crippen LogP contribution in [0.25, 0.3) is 11.0 Å². The number of amides is 1. The van der Waals surface area contributed by atoms with Gasteiger partial charge >= 0.3 is 0 Å². The summed E-state index contributed by atoms with van der Waals surface area (Å²) in [6.07, 6.45) is 0. The summed E-state index contributed by atoms with van der Waals surface area (Å²) in [6, 6.07) is 15.2. The summed E-state index contributed by atoms with van der Waals surface area (Å²) in [4.78, 5) is 17.4. The molecule has 160 valence electrons. The number of carbonyl (C=O) groups excluding carboxylic acids is 1. The van der Waals surface area contributed by atoms with Gasteiger partial charge in [-0.25, -0.2) is 9.67 Å². The first-order valence-corrected chi connectivity index (χ1v) is 10.3. The molecule has 0 aliphatic rings. The molecule has 31 heavy (non-hydrogen) atoms. The number of aryl methyl sites for hydroxylation is 1. The lowest BCUT2D eigenvalue weighted by atomic mass is 10.2. The maximum absolute atomic E-state index is 12.7. The molecule has 0 aliphatic carbocycles. The van der Waals surface area contributed by atoms with E-state index in [-0.39, 0.29) is 18.6 Å². The Bertz CT molecular complexity index is 1200. The molecule has 0 spiro atoms. The third-order valence-electron chi connectivity index (χ3n) is 4.97. The number of fused-ring (bicyclic) bond motifs is 1. The third kappa shape index (κ3) is 4.40. The number of nitrogens with zero attached hydrogens (tertiary/aromatic N) is 6. The van der Waals surface area contributed by atoms with E-state index < -0.39 is 0 Å². The molecule has 0 fully saturated rings. The average Bonchev–Trinajstić information content (AvgIpc) is 3.40. The fraction of sp³-hybridized carbons (Fsp3) is 0.318. The van der Waals surface area contributed by atoms with Crippen LogP contribution in [-0.4, -0.2) is 35.7 Å². The highest BCUT2D eigenvalue weighted by molar-refractivity contribution is 5.94. The molecular weight excluding hydrogens is 394 g/mol. The van der Waals surface area contributed by atoms with Crippen molar-refractivity contribution in [1.29, 1.82) is 0 Å². The molecule has 0 unspecified atom stereocenters. The van der Waals surface area contributed by atoms with Crippen molar-refractivity contribution in [1.82, 2.24) is 35.1 Å². The van der Waals surface area contributed by atoms with Crippen LogP contribution in [0.3, 0.4) is 0 Å². The quantitative estimate of drug-likeness (QED) is 0.471. The van der Waals surface area contributed by atoms with Crippen molar-refractivity contribution >= 4 is 16.9 Å². The Kier molecular flexibility index (Phi) is 5.92. The lowest BCUT2D eigenvalue weighted by Crippen LogP contribution is -2.24. The summed E-state index contributed by atoms with van der Waals surface area (Å²) in [5, 5.41) is 14.6. The van der Waals surface area contributed by atoms with Gasteiger partial charge in [0.1, 0.15) is 18.2 Å². The van der Waals surface area contributed by atoms with Gasteiger partial charge in [0.15, 0.2) is 5.82 Å². The first-order valence-electron chi connectivity index (χ1n) is 10.3. The largest absolute Gasteiger partial charge is 0.486 e. The van der Waals surface area contributed by atoms with Gasteiger partial charge < -0.3 is 14.6 Å². The Morgan fingerprint density at radius 3 is 2.77 bits per heavy atom. The highest BCUT2D eigenvalue weighted by Crippen LogP contribution is 2.17. The van der Waals surface area contributed by atoms with Crippen molar-refractivity contribution in [3.63, 3.8) is 0 Å². The van der Waals surface area contributed by atoms with E-state index in [1.807, 2.05) is 38.1 Å². The van der Waals surface area contributed by atoms with Crippen molar-refractivity contribution in [2.45, 2.75) is 46.5 Å². The van der Waals surface area contributed by atoms with Crippen molar-refractivity contribution in [2.24, 2.45) is 0 Å². The van der Waals surface area contributed by atoms with E-state index in [1.165, 1.54) is 0 Å². The van der Waals surface area contributed by atoms with Gasteiger partial charge in [-0.2, -0.15) is 0 Å². The zero-order valence-corrected chi connectivity index (χ0v) is 17.8. The minimum Gasteiger partial charge on any atom is -0.486 e. The monoisotopic (exact) mass is 419 g/mol. The predicted octanol–water partition coefficient (Wildman–Crippen LogP) is 3.13. The molecule has 4 rings (SSSR count). The van der Waals surface area contributed by atoms with Crippen LogP contribution < -0.4 is 10.1 Å². The van der Waals surface area contributed by atoms with Crippen molar-refractivity contribution in [2.75, 3.05) is 0 Å². The van der Waals surface area contributed by atoms with Gasteiger partial charge in [0, 0.05) is 12.1 Å². The molecule has 4 aromatic rings. The first-order chi connectivity index (χ1) is 15.1. The number of imidazole rings is 1. The molecular formula is C22H25N7O2. The Balaban J connectivity index is 1.42. The van der Waals surface area contributed by atoms with Crippen molar-refractivity contribution in [3.05, 3.63) is 65.7 Å². The lowest BCUT2D eigenvalue weighted by Gasteiger charge is -2.11. The van der Waals surface area contributed by atoms with Crippen LogP contribution in [0.5, 0.6) is 5.75 Å². The molecule has 0 bridgehead atoms. The van der Waals surface area contributed by atoms with Crippen LogP contribution in [0, 0.1) is 0 Å². The molecule has 0 aliphatic heterocycles. The smallest absolute Gasteiger partial charge is 0.251 e. The number of ether oxygens (including phenoxy) is 1. The van der Waals surface area contributed by atoms with Gasteiger partial charge in [0.2, 0.25) is 0 Å². The van der Waals surface area contributed by atoms with Crippen molar-refractivity contribution < 1.29 is 9.53 Å². The predicted molar refractivity (Wildman–Crippen MR) is 116 cm³/mol. The summed E-state index contributed by atoms with van der Waals surface area (Å²) in [5.41, 5.74) is 2.50. The van der Waals surface area contributed by atoms with E-state index in [0.717, 1.165) is 23.4 Å². The van der Waals surface area contributed by atoms with Crippen LogP contribution in [0.4, 0.5) is 0 Å². The second kappa shape index (κ2) is 8.95. The van der Waals surface area contributed by atoms with Gasteiger partial charge in [-0.3, -0.25) is 4.79 Å². The zero-order valence-electron chi connectivity index (χ0n) is 17.8. The second-order valence-corrected chi connectivity index (χ2v) is 7.39. The molecule has 0 radical (unpaired) electrons. The molecule has 9 nitrogen and oxygen atoms in total. The number of para-hydroxylation sites is 2. The standard InChI is InChI=1S/C22H25N7O2/c1-4-28-19-11-6-5-10-18(19)24-20(28)13-23-22(30)16-8-7-9-17(12-16)31-14-21-25-26-27-29(21)15(2)3/h5-12,15H,4,13-14H2,1-3H3,(H,23,30).